The quantitative estimate of drug-likeness (QED) is 0.313. The van der Waals surface area contributed by atoms with E-state index in [1.54, 1.807) is 42.6 Å². The van der Waals surface area contributed by atoms with Crippen molar-refractivity contribution in [3.8, 4) is 17.2 Å². The Kier molecular flexibility index (Phi) is 7.83. The number of carbonyl (C=O) groups is 3. The lowest BCUT2D eigenvalue weighted by Crippen LogP contribution is -2.43. The summed E-state index contributed by atoms with van der Waals surface area (Å²) in [6.07, 6.45) is 1.44. The van der Waals surface area contributed by atoms with Crippen LogP contribution < -0.4 is 5.32 Å². The van der Waals surface area contributed by atoms with Gasteiger partial charge in [-0.1, -0.05) is 35.9 Å². The van der Waals surface area contributed by atoms with Crippen molar-refractivity contribution in [1.29, 1.82) is 5.26 Å². The molecule has 0 radical (unpaired) electrons. The number of nitrogens with one attached hydrogen (secondary N) is 1. The van der Waals surface area contributed by atoms with Crippen LogP contribution in [-0.2, 0) is 16.0 Å². The molecule has 0 aliphatic carbocycles. The fraction of sp³-hybridized carbons (Fsp3) is 0.107. The minimum absolute atomic E-state index is 0.127. The van der Waals surface area contributed by atoms with Crippen LogP contribution in [0.3, 0.4) is 0 Å². The zero-order valence-electron chi connectivity index (χ0n) is 20.2. The Morgan fingerprint density at radius 3 is 2.41 bits per heavy atom. The zero-order chi connectivity index (χ0) is 28.3. The summed E-state index contributed by atoms with van der Waals surface area (Å²) < 4.78 is 33.7. The summed E-state index contributed by atoms with van der Waals surface area (Å²) in [5.41, 5.74) is 1.05. The Hall–Kier alpha value is -4.88. The smallest absolute Gasteiger partial charge is 0.335 e. The predicted molar refractivity (Wildman–Crippen MR) is 137 cm³/mol. The number of aromatic carboxylic acids is 1. The van der Waals surface area contributed by atoms with Crippen LogP contribution in [0.5, 0.6) is 0 Å². The van der Waals surface area contributed by atoms with Crippen molar-refractivity contribution < 1.29 is 33.0 Å². The van der Waals surface area contributed by atoms with Gasteiger partial charge >= 0.3 is 11.9 Å². The van der Waals surface area contributed by atoms with E-state index in [0.29, 0.717) is 50.3 Å². The first kappa shape index (κ1) is 27.2. The lowest BCUT2D eigenvalue weighted by Gasteiger charge is -2.19. The molecule has 1 atom stereocenters. The number of pyridine rings is 1. The zero-order valence-corrected chi connectivity index (χ0v) is 20.9. The van der Waals surface area contributed by atoms with Crippen molar-refractivity contribution in [3.63, 3.8) is 0 Å². The van der Waals surface area contributed by atoms with Gasteiger partial charge in [-0.15, -0.1) is 0 Å². The van der Waals surface area contributed by atoms with Gasteiger partial charge in [-0.3, -0.25) is 9.78 Å². The number of nitrogens with zero attached hydrogens (tertiary/aromatic N) is 2. The van der Waals surface area contributed by atoms with E-state index in [0.717, 1.165) is 7.11 Å². The molecule has 0 aliphatic heterocycles. The number of amides is 1. The normalized spacial score (nSPS) is 11.5. The third-order valence-electron chi connectivity index (χ3n) is 5.98. The molecule has 8 nitrogen and oxygen atoms in total. The third kappa shape index (κ3) is 5.54. The number of hydrogen-bond acceptors (Lipinski definition) is 6. The number of hydrogen-bond donors (Lipinski definition) is 2. The molecule has 2 N–H and O–H groups in total. The molecule has 196 valence electrons. The lowest BCUT2D eigenvalue weighted by atomic mass is 9.94. The third-order valence-corrected chi connectivity index (χ3v) is 6.29. The average molecular weight is 550 g/mol. The van der Waals surface area contributed by atoms with E-state index >= 15 is 0 Å². The molecule has 1 aromatic heterocycles. The standard InChI is InChI=1S/C28H18ClF2N3O5/c1-39-28(38)23(34-26(35)24-21(30)10-16(27(36)37)11-22(24)31)12-15-5-7-19(25-17(15)3-2-8-33-25)18-6-4-14(13-32)9-20(18)29/h2-11,23H,12H2,1H3,(H,34,35)(H,36,37)/t23-/m0/s1. The fourth-order valence-corrected chi connectivity index (χ4v) is 4.41. The summed E-state index contributed by atoms with van der Waals surface area (Å²) in [7, 11) is 1.10. The lowest BCUT2D eigenvalue weighted by molar-refractivity contribution is -0.142. The second kappa shape index (κ2) is 11.2. The molecule has 0 saturated carbocycles. The van der Waals surface area contributed by atoms with E-state index in [1.165, 1.54) is 6.07 Å². The molecule has 39 heavy (non-hydrogen) atoms. The second-order valence-corrected chi connectivity index (χ2v) is 8.76. The van der Waals surface area contributed by atoms with Crippen molar-refractivity contribution in [3.05, 3.63) is 99.7 Å². The summed E-state index contributed by atoms with van der Waals surface area (Å²) in [5.74, 6) is -6.50. The first-order chi connectivity index (χ1) is 18.6. The first-order valence-electron chi connectivity index (χ1n) is 11.3. The second-order valence-electron chi connectivity index (χ2n) is 8.35. The molecule has 1 heterocycles. The molecule has 0 saturated heterocycles. The van der Waals surface area contributed by atoms with Gasteiger partial charge in [-0.05, 0) is 35.9 Å². The van der Waals surface area contributed by atoms with Crippen molar-refractivity contribution in [1.82, 2.24) is 10.3 Å². The molecule has 0 aliphatic rings. The van der Waals surface area contributed by atoms with E-state index in [-0.39, 0.29) is 6.42 Å². The van der Waals surface area contributed by atoms with Gasteiger partial charge in [0.05, 0.1) is 29.8 Å². The number of nitriles is 1. The number of rotatable bonds is 7. The summed E-state index contributed by atoms with van der Waals surface area (Å²) in [4.78, 5) is 40.8. The molecule has 0 fully saturated rings. The van der Waals surface area contributed by atoms with Crippen LogP contribution >= 0.6 is 11.6 Å². The molecule has 4 rings (SSSR count). The van der Waals surface area contributed by atoms with Gasteiger partial charge in [0.2, 0.25) is 0 Å². The predicted octanol–water partition coefficient (Wildman–Crippen LogP) is 4.92. The van der Waals surface area contributed by atoms with Crippen LogP contribution in [0.15, 0.2) is 60.8 Å². The molecule has 3 aromatic carbocycles. The van der Waals surface area contributed by atoms with Crippen LogP contribution in [0.4, 0.5) is 8.78 Å². The van der Waals surface area contributed by atoms with Gasteiger partial charge in [0, 0.05) is 34.2 Å². The van der Waals surface area contributed by atoms with E-state index in [2.05, 4.69) is 10.3 Å². The summed E-state index contributed by atoms with van der Waals surface area (Å²) in [5, 5.41) is 21.3. The van der Waals surface area contributed by atoms with Crippen LogP contribution in [0, 0.1) is 23.0 Å². The number of carboxylic acids is 1. The number of ether oxygens (including phenoxy) is 1. The van der Waals surface area contributed by atoms with Gasteiger partial charge in [0.25, 0.3) is 5.91 Å². The van der Waals surface area contributed by atoms with Gasteiger partial charge in [-0.25, -0.2) is 18.4 Å². The molecule has 0 unspecified atom stereocenters. The van der Waals surface area contributed by atoms with Gasteiger partial charge in [0.15, 0.2) is 0 Å². The van der Waals surface area contributed by atoms with E-state index in [4.69, 9.17) is 26.7 Å². The van der Waals surface area contributed by atoms with Crippen molar-refractivity contribution in [2.75, 3.05) is 7.11 Å². The SMILES string of the molecule is COC(=O)[C@H](Cc1ccc(-c2ccc(C#N)cc2Cl)c2ncccc12)NC(=O)c1c(F)cc(C(=O)O)cc1F. The molecule has 4 aromatic rings. The molecule has 0 bridgehead atoms. The van der Waals surface area contributed by atoms with E-state index in [1.807, 2.05) is 6.07 Å². The van der Waals surface area contributed by atoms with Crippen LogP contribution in [-0.4, -0.2) is 41.1 Å². The van der Waals surface area contributed by atoms with Gasteiger partial charge < -0.3 is 15.2 Å². The van der Waals surface area contributed by atoms with Crippen LogP contribution in [0.1, 0.15) is 31.8 Å². The van der Waals surface area contributed by atoms with Crippen molar-refractivity contribution >= 4 is 40.3 Å². The number of carbonyl (C=O) groups excluding carboxylic acids is 2. The molecule has 11 heteroatoms. The fourth-order valence-electron chi connectivity index (χ4n) is 4.13. The highest BCUT2D eigenvalue weighted by atomic mass is 35.5. The van der Waals surface area contributed by atoms with E-state index < -0.39 is 46.6 Å². The largest absolute Gasteiger partial charge is 0.478 e. The highest BCUT2D eigenvalue weighted by Gasteiger charge is 2.28. The summed E-state index contributed by atoms with van der Waals surface area (Å²) >= 11 is 6.41. The Bertz CT molecular complexity index is 1660. The van der Waals surface area contributed by atoms with Crippen LogP contribution in [0.25, 0.3) is 22.0 Å². The monoisotopic (exact) mass is 549 g/mol. The average Bonchev–Trinajstić information content (AvgIpc) is 2.92. The highest BCUT2D eigenvalue weighted by molar-refractivity contribution is 6.33. The van der Waals surface area contributed by atoms with E-state index in [9.17, 15) is 23.2 Å². The number of aromatic nitrogens is 1. The maximum atomic E-state index is 14.5. The Morgan fingerprint density at radius 2 is 1.79 bits per heavy atom. The highest BCUT2D eigenvalue weighted by Crippen LogP contribution is 2.35. The number of fused-ring (bicyclic) bond motifs is 1. The molecular formula is C28H18ClF2N3O5. The van der Waals surface area contributed by atoms with Crippen molar-refractivity contribution in [2.45, 2.75) is 12.5 Å². The Labute approximate surface area is 225 Å². The van der Waals surface area contributed by atoms with Gasteiger partial charge in [0.1, 0.15) is 23.2 Å². The topological polar surface area (TPSA) is 129 Å². The molecular weight excluding hydrogens is 532 g/mol. The Morgan fingerprint density at radius 1 is 1.10 bits per heavy atom. The molecule has 1 amide bonds. The summed E-state index contributed by atoms with van der Waals surface area (Å²) in [6, 6.07) is 13.4. The number of esters is 1. The maximum Gasteiger partial charge on any atom is 0.335 e. The van der Waals surface area contributed by atoms with Crippen LogP contribution in [0.2, 0.25) is 5.02 Å². The minimum Gasteiger partial charge on any atom is -0.478 e. The molecule has 0 spiro atoms. The first-order valence-corrected chi connectivity index (χ1v) is 11.7. The Balaban J connectivity index is 1.71. The minimum atomic E-state index is -1.57. The number of carboxylic acid groups (broad SMARTS) is 1. The number of methoxy groups -OCH3 is 1. The number of benzene rings is 3. The maximum absolute atomic E-state index is 14.5. The number of halogens is 3. The van der Waals surface area contributed by atoms with Gasteiger partial charge in [-0.2, -0.15) is 5.26 Å². The summed E-state index contributed by atoms with van der Waals surface area (Å²) in [6.45, 7) is 0. The van der Waals surface area contributed by atoms with Crippen molar-refractivity contribution in [2.24, 2.45) is 0 Å².